The Morgan fingerprint density at radius 2 is 1.78 bits per heavy atom. The number of carbonyl (C=O) groups is 1. The van der Waals surface area contributed by atoms with E-state index in [1.54, 1.807) is 12.1 Å². The topological polar surface area (TPSA) is 90.4 Å². The summed E-state index contributed by atoms with van der Waals surface area (Å²) in [6.45, 7) is 5.30. The van der Waals surface area contributed by atoms with Crippen molar-refractivity contribution >= 4 is 17.6 Å². The van der Waals surface area contributed by atoms with Crippen LogP contribution in [0.25, 0.3) is 0 Å². The van der Waals surface area contributed by atoms with Crippen molar-refractivity contribution in [2.45, 2.75) is 32.8 Å². The molecule has 172 valence electrons. The zero-order chi connectivity index (χ0) is 23.1. The van der Waals surface area contributed by atoms with Gasteiger partial charge in [0.15, 0.2) is 11.5 Å². The SMILES string of the molecule is COc1cc(C(=O)NC(=NCC2CCCO2)Nc2ccc(C)c(C)c2)cc(OC)c1OC. The van der Waals surface area contributed by atoms with Crippen molar-refractivity contribution in [3.05, 3.63) is 47.0 Å². The molecule has 1 atom stereocenters. The maximum Gasteiger partial charge on any atom is 0.258 e. The maximum atomic E-state index is 13.1. The summed E-state index contributed by atoms with van der Waals surface area (Å²) in [7, 11) is 4.53. The van der Waals surface area contributed by atoms with Gasteiger partial charge >= 0.3 is 0 Å². The Morgan fingerprint density at radius 1 is 1.06 bits per heavy atom. The number of nitrogens with one attached hydrogen (secondary N) is 2. The molecule has 2 aromatic carbocycles. The molecule has 1 saturated heterocycles. The third kappa shape index (κ3) is 5.70. The predicted molar refractivity (Wildman–Crippen MR) is 124 cm³/mol. The number of nitrogens with zero attached hydrogens (tertiary/aromatic N) is 1. The summed E-state index contributed by atoms with van der Waals surface area (Å²) in [5, 5.41) is 6.10. The second-order valence-corrected chi connectivity index (χ2v) is 7.62. The molecular weight excluding hydrogens is 410 g/mol. The van der Waals surface area contributed by atoms with E-state index in [0.29, 0.717) is 35.3 Å². The average molecular weight is 442 g/mol. The number of anilines is 1. The first-order valence-corrected chi connectivity index (χ1v) is 10.6. The van der Waals surface area contributed by atoms with Gasteiger partial charge in [0.2, 0.25) is 11.7 Å². The van der Waals surface area contributed by atoms with Gasteiger partial charge in [-0.15, -0.1) is 0 Å². The quantitative estimate of drug-likeness (QED) is 0.503. The van der Waals surface area contributed by atoms with Gasteiger partial charge in [-0.05, 0) is 62.1 Å². The highest BCUT2D eigenvalue weighted by atomic mass is 16.5. The predicted octanol–water partition coefficient (Wildman–Crippen LogP) is 3.71. The highest BCUT2D eigenvalue weighted by Crippen LogP contribution is 2.38. The molecule has 0 bridgehead atoms. The third-order valence-corrected chi connectivity index (χ3v) is 5.41. The lowest BCUT2D eigenvalue weighted by Gasteiger charge is -2.16. The van der Waals surface area contributed by atoms with Crippen LogP contribution in [0.4, 0.5) is 5.69 Å². The van der Waals surface area contributed by atoms with E-state index in [1.807, 2.05) is 25.1 Å². The van der Waals surface area contributed by atoms with Crippen LogP contribution in [-0.4, -0.2) is 52.5 Å². The maximum absolute atomic E-state index is 13.1. The normalized spacial score (nSPS) is 15.9. The Kier molecular flexibility index (Phi) is 7.94. The van der Waals surface area contributed by atoms with Gasteiger partial charge in [0.1, 0.15) is 0 Å². The van der Waals surface area contributed by atoms with Crippen LogP contribution >= 0.6 is 0 Å². The van der Waals surface area contributed by atoms with Crippen LogP contribution in [0.1, 0.15) is 34.3 Å². The number of aryl methyl sites for hydroxylation is 2. The zero-order valence-corrected chi connectivity index (χ0v) is 19.3. The number of benzene rings is 2. The molecule has 1 aliphatic heterocycles. The van der Waals surface area contributed by atoms with E-state index in [2.05, 4.69) is 22.5 Å². The number of guanidine groups is 1. The van der Waals surface area contributed by atoms with Gasteiger partial charge in [-0.2, -0.15) is 0 Å². The van der Waals surface area contributed by atoms with Crippen LogP contribution in [-0.2, 0) is 4.74 Å². The zero-order valence-electron chi connectivity index (χ0n) is 19.3. The second kappa shape index (κ2) is 10.9. The van der Waals surface area contributed by atoms with Crippen molar-refractivity contribution < 1.29 is 23.7 Å². The van der Waals surface area contributed by atoms with Gasteiger partial charge in [-0.25, -0.2) is 4.99 Å². The second-order valence-electron chi connectivity index (χ2n) is 7.62. The minimum atomic E-state index is -0.355. The Morgan fingerprint density at radius 3 is 2.34 bits per heavy atom. The van der Waals surface area contributed by atoms with Crippen LogP contribution in [0.5, 0.6) is 17.2 Å². The summed E-state index contributed by atoms with van der Waals surface area (Å²) >= 11 is 0. The molecular formula is C24H31N3O5. The number of methoxy groups -OCH3 is 3. The molecule has 2 N–H and O–H groups in total. The fourth-order valence-corrected chi connectivity index (χ4v) is 3.44. The molecule has 0 saturated carbocycles. The van der Waals surface area contributed by atoms with Crippen LogP contribution < -0.4 is 24.8 Å². The number of ether oxygens (including phenoxy) is 4. The van der Waals surface area contributed by atoms with E-state index in [4.69, 9.17) is 18.9 Å². The molecule has 1 heterocycles. The van der Waals surface area contributed by atoms with Crippen molar-refractivity contribution in [1.82, 2.24) is 5.32 Å². The van der Waals surface area contributed by atoms with Gasteiger partial charge in [0.25, 0.3) is 5.91 Å². The van der Waals surface area contributed by atoms with E-state index in [1.165, 1.54) is 26.9 Å². The van der Waals surface area contributed by atoms with Gasteiger partial charge < -0.3 is 24.3 Å². The first-order chi connectivity index (χ1) is 15.4. The van der Waals surface area contributed by atoms with Crippen LogP contribution in [0.3, 0.4) is 0 Å². The highest BCUT2D eigenvalue weighted by Gasteiger charge is 2.19. The van der Waals surface area contributed by atoms with Crippen LogP contribution in [0, 0.1) is 13.8 Å². The molecule has 1 fully saturated rings. The minimum absolute atomic E-state index is 0.0598. The lowest BCUT2D eigenvalue weighted by Crippen LogP contribution is -2.36. The first-order valence-electron chi connectivity index (χ1n) is 10.6. The number of amides is 1. The third-order valence-electron chi connectivity index (χ3n) is 5.41. The Labute approximate surface area is 188 Å². The Balaban J connectivity index is 1.85. The summed E-state index contributed by atoms with van der Waals surface area (Å²) in [6.07, 6.45) is 2.05. The van der Waals surface area contributed by atoms with E-state index in [-0.39, 0.29) is 12.0 Å². The lowest BCUT2D eigenvalue weighted by atomic mass is 10.1. The van der Waals surface area contributed by atoms with Gasteiger partial charge in [-0.1, -0.05) is 6.07 Å². The molecule has 8 nitrogen and oxygen atoms in total. The summed E-state index contributed by atoms with van der Waals surface area (Å²) < 4.78 is 21.7. The van der Waals surface area contributed by atoms with Crippen LogP contribution in [0.2, 0.25) is 0 Å². The van der Waals surface area contributed by atoms with E-state index >= 15 is 0 Å². The Hall–Kier alpha value is -3.26. The van der Waals surface area contributed by atoms with Crippen molar-refractivity contribution in [2.75, 3.05) is 39.8 Å². The monoisotopic (exact) mass is 441 g/mol. The van der Waals surface area contributed by atoms with E-state index in [0.717, 1.165) is 30.7 Å². The standard InChI is InChI=1S/C24H31N3O5/c1-15-8-9-18(11-16(15)2)26-24(25-14-19-7-6-10-32-19)27-23(28)17-12-20(29-3)22(31-5)21(13-17)30-4/h8-9,11-13,19H,6-7,10,14H2,1-5H3,(H2,25,26,27,28). The number of rotatable bonds is 7. The molecule has 8 heteroatoms. The molecule has 1 unspecified atom stereocenters. The van der Waals surface area contributed by atoms with Crippen LogP contribution in [0.15, 0.2) is 35.3 Å². The highest BCUT2D eigenvalue weighted by molar-refractivity contribution is 6.10. The fraction of sp³-hybridized carbons (Fsp3) is 0.417. The largest absolute Gasteiger partial charge is 0.493 e. The number of hydrogen-bond donors (Lipinski definition) is 2. The van der Waals surface area contributed by atoms with Gasteiger partial charge in [-0.3, -0.25) is 10.1 Å². The molecule has 1 amide bonds. The molecule has 0 aromatic heterocycles. The fourth-order valence-electron chi connectivity index (χ4n) is 3.44. The minimum Gasteiger partial charge on any atom is -0.493 e. The molecule has 32 heavy (non-hydrogen) atoms. The van der Waals surface area contributed by atoms with Crippen molar-refractivity contribution in [3.8, 4) is 17.2 Å². The number of carbonyl (C=O) groups excluding carboxylic acids is 1. The van der Waals surface area contributed by atoms with Gasteiger partial charge in [0.05, 0.1) is 34.0 Å². The smallest absolute Gasteiger partial charge is 0.258 e. The average Bonchev–Trinajstić information content (AvgIpc) is 3.32. The molecule has 1 aliphatic rings. The number of aliphatic imine (C=N–C) groups is 1. The summed E-state index contributed by atoms with van der Waals surface area (Å²) in [6, 6.07) is 9.20. The van der Waals surface area contributed by atoms with Crippen molar-refractivity contribution in [2.24, 2.45) is 4.99 Å². The van der Waals surface area contributed by atoms with Gasteiger partial charge in [0, 0.05) is 17.9 Å². The molecule has 3 rings (SSSR count). The molecule has 0 spiro atoms. The molecule has 0 aliphatic carbocycles. The van der Waals surface area contributed by atoms with E-state index in [9.17, 15) is 4.79 Å². The number of hydrogen-bond acceptors (Lipinski definition) is 6. The van der Waals surface area contributed by atoms with Crippen molar-refractivity contribution in [1.29, 1.82) is 0 Å². The molecule has 0 radical (unpaired) electrons. The summed E-state index contributed by atoms with van der Waals surface area (Å²) in [4.78, 5) is 17.7. The Bertz CT molecular complexity index is 959. The summed E-state index contributed by atoms with van der Waals surface area (Å²) in [5.41, 5.74) is 3.52. The first kappa shape index (κ1) is 23.4. The lowest BCUT2D eigenvalue weighted by molar-refractivity contribution is 0.0974. The van der Waals surface area contributed by atoms with E-state index < -0.39 is 0 Å². The molecule has 2 aromatic rings. The van der Waals surface area contributed by atoms with Crippen molar-refractivity contribution in [3.63, 3.8) is 0 Å². The summed E-state index contributed by atoms with van der Waals surface area (Å²) in [5.74, 6) is 1.22.